The molecule has 3 aromatic rings. The molecule has 4 rings (SSSR count). The van der Waals surface area contributed by atoms with Crippen molar-refractivity contribution in [2.45, 2.75) is 26.8 Å². The van der Waals surface area contributed by atoms with E-state index in [1.165, 1.54) is 21.5 Å². The fourth-order valence-electron chi connectivity index (χ4n) is 3.99. The van der Waals surface area contributed by atoms with E-state index in [1.807, 2.05) is 35.1 Å². The predicted molar refractivity (Wildman–Crippen MR) is 135 cm³/mol. The van der Waals surface area contributed by atoms with Gasteiger partial charge in [-0.3, -0.25) is 9.48 Å². The van der Waals surface area contributed by atoms with Gasteiger partial charge in [0.25, 0.3) is 0 Å². The Morgan fingerprint density at radius 3 is 2.62 bits per heavy atom. The molecule has 178 valence electrons. The zero-order valence-corrected chi connectivity index (χ0v) is 20.4. The Morgan fingerprint density at radius 2 is 1.91 bits per heavy atom. The van der Waals surface area contributed by atoms with Crippen molar-refractivity contribution in [3.8, 4) is 11.3 Å². The predicted octanol–water partition coefficient (Wildman–Crippen LogP) is 3.38. The van der Waals surface area contributed by atoms with Crippen LogP contribution in [0.1, 0.15) is 28.7 Å². The minimum Gasteiger partial charge on any atom is -0.351 e. The Balaban J connectivity index is 1.50. The van der Waals surface area contributed by atoms with Crippen LogP contribution in [0.4, 0.5) is 0 Å². The van der Waals surface area contributed by atoms with Crippen molar-refractivity contribution in [1.82, 2.24) is 19.4 Å². The fourth-order valence-corrected chi connectivity index (χ4v) is 5.52. The average Bonchev–Trinajstić information content (AvgIpc) is 3.37. The van der Waals surface area contributed by atoms with E-state index >= 15 is 0 Å². The van der Waals surface area contributed by atoms with Gasteiger partial charge in [-0.25, -0.2) is 12.7 Å². The molecule has 0 atom stereocenters. The second kappa shape index (κ2) is 10.4. The highest BCUT2D eigenvalue weighted by molar-refractivity contribution is 7.89. The van der Waals surface area contributed by atoms with Crippen LogP contribution in [0, 0.1) is 13.8 Å². The number of nitrogens with one attached hydrogen (secondary N) is 1. The molecule has 0 bridgehead atoms. The molecule has 0 spiro atoms. The fraction of sp³-hybridized carbons (Fsp3) is 0.308. The molecule has 2 aromatic carbocycles. The van der Waals surface area contributed by atoms with E-state index < -0.39 is 10.0 Å². The summed E-state index contributed by atoms with van der Waals surface area (Å²) in [5.74, 6) is -0.0758. The summed E-state index contributed by atoms with van der Waals surface area (Å²) in [4.78, 5) is 12.4. The van der Waals surface area contributed by atoms with Gasteiger partial charge in [-0.15, -0.1) is 0 Å². The molecule has 0 saturated carbocycles. The highest BCUT2D eigenvalue weighted by Crippen LogP contribution is 2.26. The Hall–Kier alpha value is -3.23. The molecular weight excluding hydrogens is 448 g/mol. The van der Waals surface area contributed by atoms with Crippen molar-refractivity contribution in [1.29, 1.82) is 0 Å². The van der Waals surface area contributed by atoms with Crippen LogP contribution in [0.3, 0.4) is 0 Å². The number of carbonyl (C=O) groups excluding carboxylic acids is 1. The molecule has 1 N–H and O–H groups in total. The molecule has 1 aromatic heterocycles. The maximum Gasteiger partial charge on any atom is 0.244 e. The number of hydrogen-bond acceptors (Lipinski definition) is 4. The molecule has 1 amide bonds. The number of carbonyl (C=O) groups is 1. The first-order valence-corrected chi connectivity index (χ1v) is 13.1. The van der Waals surface area contributed by atoms with Crippen LogP contribution in [0.25, 0.3) is 17.3 Å². The molecule has 0 radical (unpaired) electrons. The second-order valence-electron chi connectivity index (χ2n) is 8.61. The van der Waals surface area contributed by atoms with E-state index in [2.05, 4.69) is 43.4 Å². The summed E-state index contributed by atoms with van der Waals surface area (Å²) in [5.41, 5.74) is 6.18. The van der Waals surface area contributed by atoms with E-state index in [-0.39, 0.29) is 18.2 Å². The quantitative estimate of drug-likeness (QED) is 0.503. The maximum absolute atomic E-state index is 12.4. The van der Waals surface area contributed by atoms with Gasteiger partial charge in [0.15, 0.2) is 0 Å². The molecule has 1 aliphatic heterocycles. The second-order valence-corrected chi connectivity index (χ2v) is 10.7. The van der Waals surface area contributed by atoms with E-state index in [0.717, 1.165) is 22.4 Å². The first-order valence-electron chi connectivity index (χ1n) is 11.4. The van der Waals surface area contributed by atoms with E-state index in [4.69, 9.17) is 5.10 Å². The molecule has 1 saturated heterocycles. The number of rotatable bonds is 8. The van der Waals surface area contributed by atoms with Crippen LogP contribution >= 0.6 is 0 Å². The van der Waals surface area contributed by atoms with Gasteiger partial charge in [0, 0.05) is 43.0 Å². The summed E-state index contributed by atoms with van der Waals surface area (Å²) in [6.07, 6.45) is 5.83. The zero-order chi connectivity index (χ0) is 24.1. The van der Waals surface area contributed by atoms with Crippen molar-refractivity contribution in [3.63, 3.8) is 0 Å². The summed E-state index contributed by atoms with van der Waals surface area (Å²) in [5, 5.41) is 7.60. The number of nitrogens with zero attached hydrogens (tertiary/aromatic N) is 3. The Morgan fingerprint density at radius 1 is 1.12 bits per heavy atom. The first-order chi connectivity index (χ1) is 16.3. The average molecular weight is 479 g/mol. The number of benzene rings is 2. The van der Waals surface area contributed by atoms with Crippen molar-refractivity contribution < 1.29 is 13.2 Å². The molecule has 2 heterocycles. The Bertz CT molecular complexity index is 1300. The summed E-state index contributed by atoms with van der Waals surface area (Å²) < 4.78 is 27.1. The van der Waals surface area contributed by atoms with E-state index in [9.17, 15) is 13.2 Å². The minimum absolute atomic E-state index is 0.190. The van der Waals surface area contributed by atoms with Gasteiger partial charge >= 0.3 is 0 Å². The molecule has 0 unspecified atom stereocenters. The molecule has 7 nitrogen and oxygen atoms in total. The SMILES string of the molecule is Cc1ccc(-c2nn(Cc3ccccc3)cc2/C=C/C(=O)NCCN2CCCS2(=O)=O)cc1C. The topological polar surface area (TPSA) is 84.3 Å². The summed E-state index contributed by atoms with van der Waals surface area (Å²) in [7, 11) is -3.15. The van der Waals surface area contributed by atoms with Gasteiger partial charge in [0.2, 0.25) is 15.9 Å². The van der Waals surface area contributed by atoms with Gasteiger partial charge < -0.3 is 5.32 Å². The highest BCUT2D eigenvalue weighted by Gasteiger charge is 2.27. The number of aromatic nitrogens is 2. The standard InChI is InChI=1S/C26H30N4O3S/c1-20-9-10-23(17-21(20)2)26-24(19-29(28-26)18-22-7-4-3-5-8-22)11-12-25(31)27-13-15-30-14-6-16-34(30,32)33/h3-5,7-12,17,19H,6,13-16,18H2,1-2H3,(H,27,31)/b12-11+. The van der Waals surface area contributed by atoms with Crippen LogP contribution < -0.4 is 5.32 Å². The van der Waals surface area contributed by atoms with Gasteiger partial charge in [-0.1, -0.05) is 42.5 Å². The molecule has 1 fully saturated rings. The number of hydrogen-bond donors (Lipinski definition) is 1. The number of amides is 1. The summed E-state index contributed by atoms with van der Waals surface area (Å²) in [6, 6.07) is 16.3. The minimum atomic E-state index is -3.15. The summed E-state index contributed by atoms with van der Waals surface area (Å²) in [6.45, 7) is 5.87. The third kappa shape index (κ3) is 5.81. The lowest BCUT2D eigenvalue weighted by atomic mass is 10.0. The zero-order valence-electron chi connectivity index (χ0n) is 19.6. The molecule has 1 aliphatic rings. The monoisotopic (exact) mass is 478 g/mol. The lowest BCUT2D eigenvalue weighted by Crippen LogP contribution is -2.35. The lowest BCUT2D eigenvalue weighted by molar-refractivity contribution is -0.116. The van der Waals surface area contributed by atoms with Gasteiger partial charge in [-0.05, 0) is 49.1 Å². The third-order valence-corrected chi connectivity index (χ3v) is 7.99. The van der Waals surface area contributed by atoms with Gasteiger partial charge in [0.05, 0.1) is 18.0 Å². The molecule has 0 aliphatic carbocycles. The smallest absolute Gasteiger partial charge is 0.244 e. The van der Waals surface area contributed by atoms with Crippen LogP contribution in [-0.4, -0.2) is 53.8 Å². The largest absolute Gasteiger partial charge is 0.351 e. The van der Waals surface area contributed by atoms with Crippen LogP contribution in [0.2, 0.25) is 0 Å². The lowest BCUT2D eigenvalue weighted by Gasteiger charge is -2.13. The molecule has 8 heteroatoms. The van der Waals surface area contributed by atoms with Crippen LogP contribution in [0.5, 0.6) is 0 Å². The number of aryl methyl sites for hydroxylation is 2. The van der Waals surface area contributed by atoms with E-state index in [0.29, 0.717) is 26.1 Å². The van der Waals surface area contributed by atoms with Crippen molar-refractivity contribution in [2.24, 2.45) is 0 Å². The van der Waals surface area contributed by atoms with Crippen LogP contribution in [0.15, 0.2) is 60.8 Å². The van der Waals surface area contributed by atoms with Gasteiger partial charge in [-0.2, -0.15) is 5.10 Å². The van der Waals surface area contributed by atoms with Gasteiger partial charge in [0.1, 0.15) is 0 Å². The highest BCUT2D eigenvalue weighted by atomic mass is 32.2. The van der Waals surface area contributed by atoms with Crippen LogP contribution in [-0.2, 0) is 21.4 Å². The van der Waals surface area contributed by atoms with Crippen molar-refractivity contribution in [3.05, 3.63) is 83.1 Å². The third-order valence-electron chi connectivity index (χ3n) is 6.04. The Kier molecular flexibility index (Phi) is 7.29. The molecular formula is C26H30N4O3S. The van der Waals surface area contributed by atoms with E-state index in [1.54, 1.807) is 6.08 Å². The molecule has 34 heavy (non-hydrogen) atoms. The number of sulfonamides is 1. The Labute approximate surface area is 201 Å². The van der Waals surface area contributed by atoms with Crippen molar-refractivity contribution >= 4 is 22.0 Å². The summed E-state index contributed by atoms with van der Waals surface area (Å²) >= 11 is 0. The van der Waals surface area contributed by atoms with Crippen molar-refractivity contribution in [2.75, 3.05) is 25.4 Å². The maximum atomic E-state index is 12.4. The normalized spacial score (nSPS) is 15.7. The first kappa shape index (κ1) is 23.9.